The molecule has 31 heavy (non-hydrogen) atoms. The van der Waals surface area contributed by atoms with Crippen LogP contribution in [0.2, 0.25) is 5.02 Å². The maximum absolute atomic E-state index is 12.6. The highest BCUT2D eigenvalue weighted by Gasteiger charge is 2.22. The van der Waals surface area contributed by atoms with E-state index in [1.807, 2.05) is 61.5 Å². The monoisotopic (exact) mass is 432 g/mol. The lowest BCUT2D eigenvalue weighted by atomic mass is 10.1. The third-order valence-electron chi connectivity index (χ3n) is 4.81. The number of esters is 1. The Morgan fingerprint density at radius 1 is 0.968 bits per heavy atom. The molecule has 0 fully saturated rings. The molecule has 0 amide bonds. The number of hydrogen-bond acceptors (Lipinski definition) is 4. The highest BCUT2D eigenvalue weighted by atomic mass is 35.5. The van der Waals surface area contributed by atoms with Gasteiger partial charge in [-0.3, -0.25) is 0 Å². The van der Waals surface area contributed by atoms with E-state index in [4.69, 9.17) is 21.1 Å². The van der Waals surface area contributed by atoms with Crippen LogP contribution < -0.4 is 4.74 Å². The van der Waals surface area contributed by atoms with Gasteiger partial charge < -0.3 is 9.47 Å². The van der Waals surface area contributed by atoms with Crippen molar-refractivity contribution in [3.63, 3.8) is 0 Å². The number of aryl methyl sites for hydroxylation is 2. The average Bonchev–Trinajstić information content (AvgIpc) is 3.09. The lowest BCUT2D eigenvalue weighted by Gasteiger charge is -2.11. The van der Waals surface area contributed by atoms with Gasteiger partial charge in [0, 0.05) is 12.6 Å². The predicted molar refractivity (Wildman–Crippen MR) is 120 cm³/mol. The van der Waals surface area contributed by atoms with Crippen LogP contribution in [0.1, 0.15) is 21.5 Å². The average molecular weight is 433 g/mol. The summed E-state index contributed by atoms with van der Waals surface area (Å²) >= 11 is 6.14. The van der Waals surface area contributed by atoms with Gasteiger partial charge in [0.05, 0.1) is 16.1 Å². The molecule has 0 spiro atoms. The topological polar surface area (TPSA) is 53.4 Å². The number of benzene rings is 3. The normalized spacial score (nSPS) is 10.7. The van der Waals surface area contributed by atoms with E-state index in [0.29, 0.717) is 33.5 Å². The van der Waals surface area contributed by atoms with Gasteiger partial charge in [-0.25, -0.2) is 9.48 Å². The largest absolute Gasteiger partial charge is 0.457 e. The molecule has 156 valence electrons. The minimum absolute atomic E-state index is 0.0106. The van der Waals surface area contributed by atoms with Crippen molar-refractivity contribution < 1.29 is 14.3 Å². The standard InChI is InChI=1S/C25H21ClN2O3/c1-17-12-14-19(15-13-17)31-24-21(16-30-25(29)20-10-6-7-11-22(20)26)23(27-28(24)2)18-8-4-3-5-9-18/h3-15H,16H2,1-2H3. The maximum atomic E-state index is 12.6. The van der Waals surface area contributed by atoms with E-state index in [-0.39, 0.29) is 6.61 Å². The van der Waals surface area contributed by atoms with Gasteiger partial charge in [-0.15, -0.1) is 0 Å². The lowest BCUT2D eigenvalue weighted by molar-refractivity contribution is 0.0471. The Hall–Kier alpha value is -3.57. The number of aromatic nitrogens is 2. The van der Waals surface area contributed by atoms with Gasteiger partial charge in [0.1, 0.15) is 18.1 Å². The molecule has 0 aliphatic carbocycles. The van der Waals surface area contributed by atoms with Gasteiger partial charge in [0.15, 0.2) is 0 Å². The van der Waals surface area contributed by atoms with Crippen LogP contribution in [0.25, 0.3) is 11.3 Å². The zero-order valence-electron chi connectivity index (χ0n) is 17.2. The van der Waals surface area contributed by atoms with Crippen LogP contribution >= 0.6 is 11.6 Å². The Kier molecular flexibility index (Phi) is 6.05. The third kappa shape index (κ3) is 4.62. The van der Waals surface area contributed by atoms with Crippen molar-refractivity contribution in [3.8, 4) is 22.9 Å². The first-order chi connectivity index (χ1) is 15.0. The fraction of sp³-hybridized carbons (Fsp3) is 0.120. The molecule has 1 heterocycles. The van der Waals surface area contributed by atoms with Gasteiger partial charge in [-0.2, -0.15) is 5.10 Å². The highest BCUT2D eigenvalue weighted by Crippen LogP contribution is 2.34. The number of carbonyl (C=O) groups excluding carboxylic acids is 1. The first-order valence-corrected chi connectivity index (χ1v) is 10.2. The van der Waals surface area contributed by atoms with Crippen LogP contribution in [0.5, 0.6) is 11.6 Å². The molecular formula is C25H21ClN2O3. The number of nitrogens with zero attached hydrogens (tertiary/aromatic N) is 2. The van der Waals surface area contributed by atoms with Crippen LogP contribution in [0, 0.1) is 6.92 Å². The molecule has 4 aromatic rings. The molecule has 0 saturated heterocycles. The minimum Gasteiger partial charge on any atom is -0.457 e. The summed E-state index contributed by atoms with van der Waals surface area (Å²) in [4.78, 5) is 12.6. The number of carbonyl (C=O) groups is 1. The number of hydrogen-bond donors (Lipinski definition) is 0. The zero-order chi connectivity index (χ0) is 21.8. The molecule has 5 nitrogen and oxygen atoms in total. The Bertz CT molecular complexity index is 1200. The summed E-state index contributed by atoms with van der Waals surface area (Å²) in [5.74, 6) is 0.677. The van der Waals surface area contributed by atoms with Crippen LogP contribution in [-0.2, 0) is 18.4 Å². The second kappa shape index (κ2) is 9.06. The molecule has 0 aliphatic rings. The van der Waals surface area contributed by atoms with Gasteiger partial charge >= 0.3 is 5.97 Å². The highest BCUT2D eigenvalue weighted by molar-refractivity contribution is 6.33. The fourth-order valence-corrected chi connectivity index (χ4v) is 3.41. The molecule has 3 aromatic carbocycles. The van der Waals surface area contributed by atoms with Gasteiger partial charge in [-0.05, 0) is 31.2 Å². The number of halogens is 1. The first-order valence-electron chi connectivity index (χ1n) is 9.80. The summed E-state index contributed by atoms with van der Waals surface area (Å²) in [6.07, 6.45) is 0. The minimum atomic E-state index is -0.505. The van der Waals surface area contributed by atoms with E-state index >= 15 is 0 Å². The number of ether oxygens (including phenoxy) is 2. The van der Waals surface area contributed by atoms with Crippen molar-refractivity contribution in [2.45, 2.75) is 13.5 Å². The molecule has 4 rings (SSSR count). The molecule has 0 unspecified atom stereocenters. The van der Waals surface area contributed by atoms with Gasteiger partial charge in [-0.1, -0.05) is 71.8 Å². The fourth-order valence-electron chi connectivity index (χ4n) is 3.20. The zero-order valence-corrected chi connectivity index (χ0v) is 18.0. The molecule has 0 radical (unpaired) electrons. The molecular weight excluding hydrogens is 412 g/mol. The van der Waals surface area contributed by atoms with Crippen molar-refractivity contribution >= 4 is 17.6 Å². The second-order valence-corrected chi connectivity index (χ2v) is 7.50. The Balaban J connectivity index is 1.68. The number of rotatable bonds is 6. The van der Waals surface area contributed by atoms with Crippen LogP contribution in [0.3, 0.4) is 0 Å². The van der Waals surface area contributed by atoms with E-state index < -0.39 is 5.97 Å². The van der Waals surface area contributed by atoms with E-state index in [9.17, 15) is 4.79 Å². The lowest BCUT2D eigenvalue weighted by Crippen LogP contribution is -2.07. The van der Waals surface area contributed by atoms with E-state index in [2.05, 4.69) is 5.10 Å². The Labute approximate surface area is 185 Å². The molecule has 0 atom stereocenters. The van der Waals surface area contributed by atoms with Crippen LogP contribution in [-0.4, -0.2) is 15.7 Å². The van der Waals surface area contributed by atoms with Crippen molar-refractivity contribution in [1.29, 1.82) is 0 Å². The SMILES string of the molecule is Cc1ccc(Oc2c(COC(=O)c3ccccc3Cl)c(-c3ccccc3)nn2C)cc1. The van der Waals surface area contributed by atoms with Crippen molar-refractivity contribution in [2.75, 3.05) is 0 Å². The maximum Gasteiger partial charge on any atom is 0.339 e. The Morgan fingerprint density at radius 3 is 2.35 bits per heavy atom. The molecule has 0 aliphatic heterocycles. The molecule has 0 N–H and O–H groups in total. The van der Waals surface area contributed by atoms with Gasteiger partial charge in [0.2, 0.25) is 5.88 Å². The van der Waals surface area contributed by atoms with Gasteiger partial charge in [0.25, 0.3) is 0 Å². The Morgan fingerprint density at radius 2 is 1.65 bits per heavy atom. The van der Waals surface area contributed by atoms with E-state index in [1.54, 1.807) is 36.0 Å². The molecule has 1 aromatic heterocycles. The summed E-state index contributed by atoms with van der Waals surface area (Å²) in [7, 11) is 1.80. The van der Waals surface area contributed by atoms with Crippen molar-refractivity contribution in [1.82, 2.24) is 9.78 Å². The summed E-state index contributed by atoms with van der Waals surface area (Å²) in [5, 5.41) is 4.98. The summed E-state index contributed by atoms with van der Waals surface area (Å²) in [6.45, 7) is 2.00. The third-order valence-corrected chi connectivity index (χ3v) is 5.14. The summed E-state index contributed by atoms with van der Waals surface area (Å²) in [5.41, 5.74) is 3.72. The first kappa shape index (κ1) is 20.7. The van der Waals surface area contributed by atoms with Crippen molar-refractivity contribution in [3.05, 3.63) is 101 Å². The van der Waals surface area contributed by atoms with Crippen molar-refractivity contribution in [2.24, 2.45) is 7.05 Å². The quantitative estimate of drug-likeness (QED) is 0.340. The van der Waals surface area contributed by atoms with Crippen LogP contribution in [0.15, 0.2) is 78.9 Å². The van der Waals surface area contributed by atoms with E-state index in [1.165, 1.54) is 0 Å². The smallest absolute Gasteiger partial charge is 0.339 e. The summed E-state index contributed by atoms with van der Waals surface area (Å²) < 4.78 is 13.4. The second-order valence-electron chi connectivity index (χ2n) is 7.09. The summed E-state index contributed by atoms with van der Waals surface area (Å²) in [6, 6.07) is 24.3. The predicted octanol–water partition coefficient (Wildman–Crippen LogP) is 6.20. The molecule has 0 bridgehead atoms. The van der Waals surface area contributed by atoms with E-state index in [0.717, 1.165) is 11.1 Å². The molecule has 0 saturated carbocycles. The van der Waals surface area contributed by atoms with Crippen LogP contribution in [0.4, 0.5) is 0 Å². The molecule has 6 heteroatoms.